The van der Waals surface area contributed by atoms with Crippen molar-refractivity contribution in [1.82, 2.24) is 0 Å². The van der Waals surface area contributed by atoms with Gasteiger partial charge in [-0.1, -0.05) is 18.6 Å². The van der Waals surface area contributed by atoms with Gasteiger partial charge in [-0.25, -0.2) is 4.79 Å². The first kappa shape index (κ1) is 15.2. The van der Waals surface area contributed by atoms with Crippen molar-refractivity contribution >= 4 is 5.97 Å². The zero-order valence-electron chi connectivity index (χ0n) is 12.6. The summed E-state index contributed by atoms with van der Waals surface area (Å²) in [6, 6.07) is 7.55. The summed E-state index contributed by atoms with van der Waals surface area (Å²) in [4.78, 5) is 11.8. The van der Waals surface area contributed by atoms with Crippen LogP contribution in [0.2, 0.25) is 0 Å². The number of ether oxygens (including phenoxy) is 2. The van der Waals surface area contributed by atoms with Crippen molar-refractivity contribution in [1.29, 1.82) is 0 Å². The second-order valence-electron chi connectivity index (χ2n) is 5.35. The average molecular weight is 284 g/mol. The molecule has 3 heteroatoms. The molecule has 3 nitrogen and oxygen atoms in total. The van der Waals surface area contributed by atoms with Crippen LogP contribution in [0.5, 0.6) is 5.75 Å². The van der Waals surface area contributed by atoms with Gasteiger partial charge in [0.25, 0.3) is 0 Å². The molecule has 110 valence electrons. The SMILES string of the molecule is C=C(C)C(=O)OC1(C#Cc2cccc(OC)c2)CCCC1. The standard InChI is InChI=1S/C18H20O3/c1-14(2)17(19)21-18(10-4-5-11-18)12-9-15-7-6-8-16(13-15)20-3/h6-8,13H,1,4-5,10-11H2,2-3H3. The van der Waals surface area contributed by atoms with Gasteiger partial charge in [-0.2, -0.15) is 0 Å². The lowest BCUT2D eigenvalue weighted by Crippen LogP contribution is -2.30. The van der Waals surface area contributed by atoms with Crippen molar-refractivity contribution < 1.29 is 14.3 Å². The maximum absolute atomic E-state index is 11.8. The second-order valence-corrected chi connectivity index (χ2v) is 5.35. The Hall–Kier alpha value is -2.21. The van der Waals surface area contributed by atoms with E-state index < -0.39 is 5.60 Å². The highest BCUT2D eigenvalue weighted by atomic mass is 16.6. The third-order valence-corrected chi connectivity index (χ3v) is 3.55. The van der Waals surface area contributed by atoms with Crippen LogP contribution in [0, 0.1) is 11.8 Å². The van der Waals surface area contributed by atoms with E-state index in [1.54, 1.807) is 14.0 Å². The lowest BCUT2D eigenvalue weighted by molar-refractivity contribution is -0.148. The molecule has 0 amide bonds. The van der Waals surface area contributed by atoms with Gasteiger partial charge < -0.3 is 9.47 Å². The molecule has 0 aliphatic heterocycles. The predicted molar refractivity (Wildman–Crippen MR) is 82.0 cm³/mol. The van der Waals surface area contributed by atoms with Crippen molar-refractivity contribution in [2.45, 2.75) is 38.2 Å². The van der Waals surface area contributed by atoms with Crippen molar-refractivity contribution in [3.63, 3.8) is 0 Å². The van der Waals surface area contributed by atoms with E-state index in [4.69, 9.17) is 9.47 Å². The van der Waals surface area contributed by atoms with Crippen molar-refractivity contribution in [3.05, 3.63) is 42.0 Å². The Morgan fingerprint density at radius 1 is 1.33 bits per heavy atom. The van der Waals surface area contributed by atoms with Crippen molar-refractivity contribution in [2.24, 2.45) is 0 Å². The van der Waals surface area contributed by atoms with E-state index in [0.717, 1.165) is 37.0 Å². The molecule has 1 aromatic carbocycles. The van der Waals surface area contributed by atoms with Gasteiger partial charge in [0.05, 0.1) is 7.11 Å². The van der Waals surface area contributed by atoms with Crippen LogP contribution in [0.4, 0.5) is 0 Å². The van der Waals surface area contributed by atoms with Gasteiger partial charge in [0.2, 0.25) is 0 Å². The lowest BCUT2D eigenvalue weighted by atomic mass is 10.0. The molecule has 0 radical (unpaired) electrons. The maximum Gasteiger partial charge on any atom is 0.334 e. The van der Waals surface area contributed by atoms with E-state index in [1.165, 1.54) is 0 Å². The molecule has 0 N–H and O–H groups in total. The zero-order chi connectivity index (χ0) is 15.3. The Labute approximate surface area is 126 Å². The highest BCUT2D eigenvalue weighted by Gasteiger charge is 2.36. The topological polar surface area (TPSA) is 35.5 Å². The molecule has 0 atom stereocenters. The molecule has 0 spiro atoms. The third-order valence-electron chi connectivity index (χ3n) is 3.55. The second kappa shape index (κ2) is 6.49. The number of esters is 1. The molecular formula is C18H20O3. The summed E-state index contributed by atoms with van der Waals surface area (Å²) in [5, 5.41) is 0. The number of benzene rings is 1. The summed E-state index contributed by atoms with van der Waals surface area (Å²) in [6.07, 6.45) is 3.61. The number of carbonyl (C=O) groups excluding carboxylic acids is 1. The monoisotopic (exact) mass is 284 g/mol. The van der Waals surface area contributed by atoms with Crippen molar-refractivity contribution in [2.75, 3.05) is 7.11 Å². The molecular weight excluding hydrogens is 264 g/mol. The Morgan fingerprint density at radius 3 is 2.67 bits per heavy atom. The quantitative estimate of drug-likeness (QED) is 0.484. The fourth-order valence-electron chi connectivity index (χ4n) is 2.35. The molecule has 21 heavy (non-hydrogen) atoms. The normalized spacial score (nSPS) is 15.7. The molecule has 0 saturated heterocycles. The van der Waals surface area contributed by atoms with Gasteiger partial charge >= 0.3 is 5.97 Å². The Bertz CT molecular complexity index is 598. The number of hydrogen-bond donors (Lipinski definition) is 0. The lowest BCUT2D eigenvalue weighted by Gasteiger charge is -2.23. The molecule has 1 aliphatic rings. The summed E-state index contributed by atoms with van der Waals surface area (Å²) >= 11 is 0. The van der Waals surface area contributed by atoms with E-state index in [2.05, 4.69) is 18.4 Å². The maximum atomic E-state index is 11.8. The first-order chi connectivity index (χ1) is 10.0. The largest absolute Gasteiger partial charge is 0.497 e. The minimum atomic E-state index is -0.668. The molecule has 1 saturated carbocycles. The molecule has 0 bridgehead atoms. The zero-order valence-corrected chi connectivity index (χ0v) is 12.6. The molecule has 0 heterocycles. The molecule has 0 aromatic heterocycles. The van der Waals surface area contributed by atoms with Crippen molar-refractivity contribution in [3.8, 4) is 17.6 Å². The number of hydrogen-bond acceptors (Lipinski definition) is 3. The van der Waals surface area contributed by atoms with Crippen LogP contribution in [-0.2, 0) is 9.53 Å². The molecule has 1 aliphatic carbocycles. The van der Waals surface area contributed by atoms with E-state index >= 15 is 0 Å². The number of carbonyl (C=O) groups is 1. The van der Waals surface area contributed by atoms with Crippen LogP contribution < -0.4 is 4.74 Å². The van der Waals surface area contributed by atoms with E-state index in [0.29, 0.717) is 5.57 Å². The summed E-state index contributed by atoms with van der Waals surface area (Å²) in [5.41, 5.74) is 0.593. The third kappa shape index (κ3) is 3.88. The molecule has 1 aromatic rings. The van der Waals surface area contributed by atoms with Gasteiger partial charge in [0.1, 0.15) is 5.75 Å². The van der Waals surface area contributed by atoms with Crippen LogP contribution in [-0.4, -0.2) is 18.7 Å². The highest BCUT2D eigenvalue weighted by molar-refractivity contribution is 5.87. The Morgan fingerprint density at radius 2 is 2.05 bits per heavy atom. The first-order valence-corrected chi connectivity index (χ1v) is 7.11. The summed E-state index contributed by atoms with van der Waals surface area (Å²) < 4.78 is 10.8. The minimum absolute atomic E-state index is 0.364. The Balaban J connectivity index is 2.22. The fraction of sp³-hybridized carbons (Fsp3) is 0.389. The molecule has 2 rings (SSSR count). The Kier molecular flexibility index (Phi) is 4.70. The average Bonchev–Trinajstić information content (AvgIpc) is 2.94. The number of methoxy groups -OCH3 is 1. The number of rotatable bonds is 3. The van der Waals surface area contributed by atoms with Crippen LogP contribution >= 0.6 is 0 Å². The highest BCUT2D eigenvalue weighted by Crippen LogP contribution is 2.33. The van der Waals surface area contributed by atoms with Crippen LogP contribution in [0.15, 0.2) is 36.4 Å². The summed E-state index contributed by atoms with van der Waals surface area (Å²) in [6.45, 7) is 5.28. The van der Waals surface area contributed by atoms with Gasteiger partial charge in [-0.05, 0) is 56.7 Å². The smallest absolute Gasteiger partial charge is 0.334 e. The van der Waals surface area contributed by atoms with Gasteiger partial charge in [0, 0.05) is 11.1 Å². The van der Waals surface area contributed by atoms with E-state index in [1.807, 2.05) is 24.3 Å². The van der Waals surface area contributed by atoms with Crippen LogP contribution in [0.3, 0.4) is 0 Å². The molecule has 1 fully saturated rings. The first-order valence-electron chi connectivity index (χ1n) is 7.11. The van der Waals surface area contributed by atoms with Gasteiger partial charge in [-0.15, -0.1) is 0 Å². The van der Waals surface area contributed by atoms with Crippen LogP contribution in [0.1, 0.15) is 38.2 Å². The van der Waals surface area contributed by atoms with Gasteiger partial charge in [-0.3, -0.25) is 0 Å². The van der Waals surface area contributed by atoms with E-state index in [9.17, 15) is 4.79 Å². The minimum Gasteiger partial charge on any atom is -0.497 e. The summed E-state index contributed by atoms with van der Waals surface area (Å²) in [7, 11) is 1.62. The van der Waals surface area contributed by atoms with Crippen LogP contribution in [0.25, 0.3) is 0 Å². The fourth-order valence-corrected chi connectivity index (χ4v) is 2.35. The van der Waals surface area contributed by atoms with Gasteiger partial charge in [0.15, 0.2) is 5.60 Å². The molecule has 0 unspecified atom stereocenters. The summed E-state index contributed by atoms with van der Waals surface area (Å²) in [5.74, 6) is 6.67. The predicted octanol–water partition coefficient (Wildman–Crippen LogP) is 3.48. The van der Waals surface area contributed by atoms with E-state index in [-0.39, 0.29) is 5.97 Å².